The van der Waals surface area contributed by atoms with E-state index in [0.29, 0.717) is 48.0 Å². The van der Waals surface area contributed by atoms with Gasteiger partial charge in [-0.2, -0.15) is 9.65 Å². The molecule has 4 N–H and O–H groups in total. The van der Waals surface area contributed by atoms with E-state index in [4.69, 9.17) is 24.7 Å². The van der Waals surface area contributed by atoms with Crippen LogP contribution in [0.1, 0.15) is 29.3 Å². The number of carboxylic acid groups (broad SMARTS) is 1. The van der Waals surface area contributed by atoms with Gasteiger partial charge in [-0.3, -0.25) is 18.9 Å². The molecule has 4 heterocycles. The summed E-state index contributed by atoms with van der Waals surface area (Å²) >= 11 is 0. The highest BCUT2D eigenvalue weighted by atomic mass is 19.2. The summed E-state index contributed by atoms with van der Waals surface area (Å²) in [5, 5.41) is 32.4. The number of hydrogen-bond donors (Lipinski definition) is 4. The first-order valence-electron chi connectivity index (χ1n) is 15.6. The second-order valence-corrected chi connectivity index (χ2v) is 11.9. The molecule has 0 bridgehead atoms. The van der Waals surface area contributed by atoms with Gasteiger partial charge < -0.3 is 35.3 Å². The molecule has 6 rings (SSSR count). The van der Waals surface area contributed by atoms with E-state index in [2.05, 4.69) is 25.5 Å². The van der Waals surface area contributed by atoms with Gasteiger partial charge in [-0.05, 0) is 56.2 Å². The molecule has 2 aliphatic rings. The molecule has 264 valence electrons. The molecule has 0 saturated carbocycles. The minimum Gasteiger partial charge on any atom is -0.483 e. The Labute approximate surface area is 286 Å². The zero-order chi connectivity index (χ0) is 36.4. The molecule has 50 heavy (non-hydrogen) atoms. The summed E-state index contributed by atoms with van der Waals surface area (Å²) < 4.78 is 36.1. The molecule has 1 amide bonds. The van der Waals surface area contributed by atoms with Gasteiger partial charge in [-0.25, -0.2) is 14.4 Å². The number of nitrogens with zero attached hydrogens (tertiary/aromatic N) is 6. The van der Waals surface area contributed by atoms with Crippen LogP contribution in [0.5, 0.6) is 5.75 Å². The summed E-state index contributed by atoms with van der Waals surface area (Å²) in [4.78, 5) is 42.8. The first-order chi connectivity index (χ1) is 24.0. The Bertz CT molecular complexity index is 1860. The average Bonchev–Trinajstić information content (AvgIpc) is 3.69. The number of hydrogen-bond acceptors (Lipinski definition) is 11. The van der Waals surface area contributed by atoms with Crippen LogP contribution in [-0.4, -0.2) is 111 Å². The highest BCUT2D eigenvalue weighted by Gasteiger charge is 2.34. The number of carbonyl (C=O) groups excluding carboxylic acids is 2. The molecule has 14 nitrogen and oxygen atoms in total. The lowest BCUT2D eigenvalue weighted by Gasteiger charge is -2.36. The van der Waals surface area contributed by atoms with E-state index >= 15 is 0 Å². The molecule has 0 aliphatic carbocycles. The third-order valence-electron chi connectivity index (χ3n) is 8.36. The number of carbonyl (C=O) groups is 3. The van der Waals surface area contributed by atoms with Crippen molar-refractivity contribution < 1.29 is 38.1 Å². The van der Waals surface area contributed by atoms with E-state index in [1.165, 1.54) is 24.5 Å². The summed E-state index contributed by atoms with van der Waals surface area (Å²) in [6, 6.07) is 10.1. The first kappa shape index (κ1) is 37.3. The summed E-state index contributed by atoms with van der Waals surface area (Å²) in [6.07, 6.45) is 5.27. The van der Waals surface area contributed by atoms with Crippen LogP contribution in [-0.2, 0) is 9.59 Å². The molecule has 2 aromatic heterocycles. The number of nitrogens with one attached hydrogen (secondary N) is 2. The zero-order valence-corrected chi connectivity index (χ0v) is 27.6. The largest absolute Gasteiger partial charge is 0.483 e. The number of β-amino-alcohol motifs (C(OH)–C–C–N with tert-alkyl or cyclic N) is 1. The van der Waals surface area contributed by atoms with E-state index in [1.807, 2.05) is 31.6 Å². The van der Waals surface area contributed by atoms with Crippen molar-refractivity contribution in [3.8, 4) is 23.1 Å². The maximum absolute atomic E-state index is 15.0. The van der Waals surface area contributed by atoms with Crippen LogP contribution in [0.15, 0.2) is 48.9 Å². The molecule has 4 aromatic rings. The van der Waals surface area contributed by atoms with Crippen molar-refractivity contribution in [2.75, 3.05) is 51.2 Å². The Hall–Kier alpha value is -5.50. The number of rotatable bonds is 8. The van der Waals surface area contributed by atoms with Gasteiger partial charge in [0.2, 0.25) is 5.82 Å². The topological polar surface area (TPSA) is 185 Å². The third-order valence-corrected chi connectivity index (χ3v) is 8.36. The number of fused-ring (bicyclic) bond motifs is 1. The normalized spacial score (nSPS) is 18.6. The van der Waals surface area contributed by atoms with Gasteiger partial charge in [0, 0.05) is 74.5 Å². The number of benzene rings is 2. The molecule has 0 unspecified atom stereocenters. The first-order valence-corrected chi connectivity index (χ1v) is 15.6. The lowest BCUT2D eigenvalue weighted by Crippen LogP contribution is -2.51. The molecule has 2 aliphatic heterocycles. The molecule has 2 atom stereocenters. The van der Waals surface area contributed by atoms with Gasteiger partial charge >= 0.3 is 0 Å². The third kappa shape index (κ3) is 8.55. The smallest absolute Gasteiger partial charge is 0.290 e. The van der Waals surface area contributed by atoms with Gasteiger partial charge in [0.25, 0.3) is 12.4 Å². The molecular weight excluding hydrogens is 654 g/mol. The number of aryl methyl sites for hydroxylation is 1. The number of aliphatic hydroxyl groups is 1. The second-order valence-electron chi connectivity index (χ2n) is 11.9. The SMILES string of the molecule is C=O.Cc1cc(Nc2nccn3c(-c4ccc(OCC#N)c(F)c4F)cnc23)ccc1C(=O)N1CCN(C[C@@H]2C[C@@](C)(O)CN2)CC1.O=CO. The zero-order valence-electron chi connectivity index (χ0n) is 27.6. The van der Waals surface area contributed by atoms with E-state index in [-0.39, 0.29) is 29.7 Å². The van der Waals surface area contributed by atoms with Crippen LogP contribution in [0, 0.1) is 29.9 Å². The number of amides is 1. The van der Waals surface area contributed by atoms with Gasteiger partial charge in [-0.15, -0.1) is 0 Å². The molecular formula is C34H38F2N8O6. The standard InChI is InChI=1S/C32H34F2N8O3.CH2O2.CH2O/c1-20-15-21(3-4-23(20)31(43)41-12-10-40(11-13-41)18-22-16-32(2,44)19-38-22)39-29-30-37-17-25(42(30)9-8-36-29)24-5-6-26(45-14-7-35)28(34)27(24)33;2-1-3;1-2/h3-6,8-9,15,17,22,38,44H,10-14,16,18-19H2,1-2H3,(H,36,39);1H,(H,2,3);1H2/t22-,32+;;/m0../s1. The molecule has 2 fully saturated rings. The van der Waals surface area contributed by atoms with Gasteiger partial charge in [-0.1, -0.05) is 0 Å². The fraction of sp³-hybridized carbons (Fsp3) is 0.353. The van der Waals surface area contributed by atoms with Crippen molar-refractivity contribution in [2.24, 2.45) is 0 Å². The number of halogens is 2. The van der Waals surface area contributed by atoms with E-state index in [0.717, 1.165) is 31.6 Å². The minimum absolute atomic E-state index is 0.0166. The van der Waals surface area contributed by atoms with Gasteiger partial charge in [0.05, 0.1) is 17.5 Å². The number of nitriles is 1. The minimum atomic E-state index is -1.19. The van der Waals surface area contributed by atoms with Crippen LogP contribution in [0.25, 0.3) is 16.9 Å². The lowest BCUT2D eigenvalue weighted by atomic mass is 10.0. The van der Waals surface area contributed by atoms with Crippen molar-refractivity contribution in [2.45, 2.75) is 31.9 Å². The predicted octanol–water partition coefficient (Wildman–Crippen LogP) is 3.02. The lowest BCUT2D eigenvalue weighted by molar-refractivity contribution is -0.122. The molecule has 16 heteroatoms. The Balaban J connectivity index is 0.00000107. The summed E-state index contributed by atoms with van der Waals surface area (Å²) in [7, 11) is 0. The molecule has 2 aromatic carbocycles. The maximum atomic E-state index is 15.0. The second kappa shape index (κ2) is 16.7. The fourth-order valence-electron chi connectivity index (χ4n) is 6.06. The van der Waals surface area contributed by atoms with Crippen LogP contribution in [0.2, 0.25) is 0 Å². The molecule has 0 spiro atoms. The Morgan fingerprint density at radius 3 is 2.56 bits per heavy atom. The molecule has 0 radical (unpaired) electrons. The van der Waals surface area contributed by atoms with Crippen molar-refractivity contribution in [1.82, 2.24) is 29.5 Å². The summed E-state index contributed by atoms with van der Waals surface area (Å²) in [5.41, 5.74) is 2.13. The van der Waals surface area contributed by atoms with Crippen LogP contribution < -0.4 is 15.4 Å². The van der Waals surface area contributed by atoms with Gasteiger partial charge in [0.1, 0.15) is 12.9 Å². The predicted molar refractivity (Wildman–Crippen MR) is 179 cm³/mol. The Kier molecular flexibility index (Phi) is 12.5. The number of ether oxygens (including phenoxy) is 1. The maximum Gasteiger partial charge on any atom is 0.290 e. The van der Waals surface area contributed by atoms with Gasteiger partial charge in [0.15, 0.2) is 29.6 Å². The van der Waals surface area contributed by atoms with Crippen molar-refractivity contribution >= 4 is 36.3 Å². The van der Waals surface area contributed by atoms with Crippen molar-refractivity contribution in [1.29, 1.82) is 5.26 Å². The highest BCUT2D eigenvalue weighted by Crippen LogP contribution is 2.32. The van der Waals surface area contributed by atoms with Crippen LogP contribution >= 0.6 is 0 Å². The van der Waals surface area contributed by atoms with Crippen molar-refractivity contribution in [3.05, 3.63) is 71.7 Å². The number of aromatic nitrogens is 3. The Morgan fingerprint density at radius 2 is 1.92 bits per heavy atom. The number of anilines is 2. The fourth-order valence-corrected chi connectivity index (χ4v) is 6.06. The monoisotopic (exact) mass is 692 g/mol. The van der Waals surface area contributed by atoms with E-state index < -0.39 is 23.8 Å². The quantitative estimate of drug-likeness (QED) is 0.198. The Morgan fingerprint density at radius 1 is 1.20 bits per heavy atom. The van der Waals surface area contributed by atoms with Crippen molar-refractivity contribution in [3.63, 3.8) is 0 Å². The van der Waals surface area contributed by atoms with Crippen LogP contribution in [0.3, 0.4) is 0 Å². The molecule has 2 saturated heterocycles. The summed E-state index contributed by atoms with van der Waals surface area (Å²) in [6.45, 7) is 9.38. The van der Waals surface area contributed by atoms with Crippen LogP contribution in [0.4, 0.5) is 20.3 Å². The van der Waals surface area contributed by atoms with E-state index in [9.17, 15) is 18.7 Å². The average molecular weight is 693 g/mol. The number of imidazole rings is 1. The highest BCUT2D eigenvalue weighted by molar-refractivity contribution is 5.96. The van der Waals surface area contributed by atoms with E-state index in [1.54, 1.807) is 28.8 Å². The summed E-state index contributed by atoms with van der Waals surface area (Å²) in [5.74, 6) is -2.27. The number of piperazine rings is 1.